The van der Waals surface area contributed by atoms with Crippen molar-refractivity contribution < 1.29 is 4.79 Å². The molecule has 1 aliphatic heterocycles. The van der Waals surface area contributed by atoms with Gasteiger partial charge in [0.25, 0.3) is 5.91 Å². The number of carbonyl (C=O) groups excluding carboxylic acids is 1. The lowest BCUT2D eigenvalue weighted by Crippen LogP contribution is -2.28. The van der Waals surface area contributed by atoms with Crippen LogP contribution in [0.5, 0.6) is 0 Å². The van der Waals surface area contributed by atoms with Gasteiger partial charge in [-0.3, -0.25) is 4.79 Å². The molecule has 0 saturated carbocycles. The second kappa shape index (κ2) is 8.13. The number of fused-ring (bicyclic) bond motifs is 1. The maximum absolute atomic E-state index is 12.7. The highest BCUT2D eigenvalue weighted by Crippen LogP contribution is 2.37. The normalized spacial score (nSPS) is 18.6. The van der Waals surface area contributed by atoms with Gasteiger partial charge in [-0.1, -0.05) is 29.8 Å². The van der Waals surface area contributed by atoms with Crippen molar-refractivity contribution in [3.63, 3.8) is 0 Å². The van der Waals surface area contributed by atoms with Gasteiger partial charge in [-0.25, -0.2) is 9.97 Å². The largest absolute Gasteiger partial charge is 0.350 e. The van der Waals surface area contributed by atoms with Crippen LogP contribution in [0.4, 0.5) is 11.5 Å². The minimum atomic E-state index is -0.122. The Hall–Kier alpha value is -2.69. The van der Waals surface area contributed by atoms with Crippen LogP contribution in [-0.2, 0) is 6.42 Å². The Morgan fingerprint density at radius 2 is 2.11 bits per heavy atom. The Labute approximate surface area is 166 Å². The lowest BCUT2D eigenvalue weighted by molar-refractivity contribution is 0.0948. The van der Waals surface area contributed by atoms with Gasteiger partial charge in [-0.15, -0.1) is 0 Å². The van der Waals surface area contributed by atoms with Crippen LogP contribution in [0.3, 0.4) is 0 Å². The van der Waals surface area contributed by atoms with Crippen molar-refractivity contribution >= 4 is 17.4 Å². The van der Waals surface area contributed by atoms with E-state index in [1.54, 1.807) is 0 Å². The molecule has 28 heavy (non-hydrogen) atoms. The van der Waals surface area contributed by atoms with Gasteiger partial charge in [0.2, 0.25) is 0 Å². The summed E-state index contributed by atoms with van der Waals surface area (Å²) < 4.78 is 0. The molecule has 2 heterocycles. The van der Waals surface area contributed by atoms with Gasteiger partial charge < -0.3 is 10.2 Å². The molecule has 0 spiro atoms. The molecule has 1 aliphatic carbocycles. The summed E-state index contributed by atoms with van der Waals surface area (Å²) in [6.45, 7) is 4.70. The molecule has 1 aromatic carbocycles. The number of allylic oxidation sites excluding steroid dienone is 1. The lowest BCUT2D eigenvalue weighted by Gasteiger charge is -2.24. The second-order valence-electron chi connectivity index (χ2n) is 7.82. The Bertz CT molecular complexity index is 905. The number of nitrogens with one attached hydrogen (secondary N) is 1. The van der Waals surface area contributed by atoms with Gasteiger partial charge in [-0.05, 0) is 64.0 Å². The number of nitrogens with zero attached hydrogens (tertiary/aromatic N) is 3. The predicted octanol–water partition coefficient (Wildman–Crippen LogP) is 4.49. The molecule has 0 radical (unpaired) electrons. The maximum atomic E-state index is 12.7. The molecule has 1 amide bonds. The highest BCUT2D eigenvalue weighted by Gasteiger charge is 2.28. The number of carbonyl (C=O) groups is 1. The number of hydrogen-bond acceptors (Lipinski definition) is 4. The number of rotatable bonds is 5. The van der Waals surface area contributed by atoms with Crippen molar-refractivity contribution in [2.75, 3.05) is 11.4 Å². The number of anilines is 2. The van der Waals surface area contributed by atoms with Crippen LogP contribution in [-0.4, -0.2) is 28.5 Å². The van der Waals surface area contributed by atoms with Gasteiger partial charge in [-0.2, -0.15) is 0 Å². The summed E-state index contributed by atoms with van der Waals surface area (Å²) in [5, 5.41) is 3.03. The molecular weight excluding hydrogens is 348 g/mol. The Balaban J connectivity index is 1.49. The van der Waals surface area contributed by atoms with Crippen molar-refractivity contribution in [2.24, 2.45) is 0 Å². The fraction of sp³-hybridized carbons (Fsp3) is 0.435. The summed E-state index contributed by atoms with van der Waals surface area (Å²) in [5.41, 5.74) is 4.40. The zero-order valence-corrected chi connectivity index (χ0v) is 16.7. The van der Waals surface area contributed by atoms with E-state index in [1.807, 2.05) is 19.1 Å². The van der Waals surface area contributed by atoms with E-state index in [1.165, 1.54) is 42.5 Å². The number of amides is 1. The van der Waals surface area contributed by atoms with Gasteiger partial charge >= 0.3 is 0 Å². The van der Waals surface area contributed by atoms with Crippen LogP contribution < -0.4 is 10.2 Å². The first-order valence-corrected chi connectivity index (χ1v) is 10.3. The first-order chi connectivity index (χ1) is 13.6. The summed E-state index contributed by atoms with van der Waals surface area (Å²) >= 11 is 0. The van der Waals surface area contributed by atoms with E-state index in [4.69, 9.17) is 0 Å². The summed E-state index contributed by atoms with van der Waals surface area (Å²) in [7, 11) is 0. The summed E-state index contributed by atoms with van der Waals surface area (Å²) in [4.78, 5) is 23.9. The standard InChI is InChI=1S/C23H28N4O/c1-16-14-19-10-6-7-11-21(19)27(16)22-15-20(25-17(2)26-22)23(28)24-13-12-18-8-4-3-5-9-18/h6-8,10-11,15-16H,3-5,9,12-14H2,1-2H3,(H,24,28). The number of benzene rings is 1. The van der Waals surface area contributed by atoms with E-state index in [2.05, 4.69) is 51.4 Å². The fourth-order valence-electron chi connectivity index (χ4n) is 4.27. The van der Waals surface area contributed by atoms with Crippen LogP contribution in [0.15, 0.2) is 42.0 Å². The SMILES string of the molecule is Cc1nc(C(=O)NCCC2=CCCCC2)cc(N2c3ccccc3CC2C)n1. The average molecular weight is 377 g/mol. The molecular formula is C23H28N4O. The molecule has 2 aliphatic rings. The molecule has 146 valence electrons. The summed E-state index contributed by atoms with van der Waals surface area (Å²) in [5.74, 6) is 1.29. The van der Waals surface area contributed by atoms with Crippen LogP contribution in [0.25, 0.3) is 0 Å². The smallest absolute Gasteiger partial charge is 0.270 e. The summed E-state index contributed by atoms with van der Waals surface area (Å²) in [6, 6.07) is 10.5. The lowest BCUT2D eigenvalue weighted by atomic mass is 9.97. The molecule has 1 unspecified atom stereocenters. The van der Waals surface area contributed by atoms with Gasteiger partial charge in [0.15, 0.2) is 0 Å². The van der Waals surface area contributed by atoms with Gasteiger partial charge in [0.1, 0.15) is 17.3 Å². The van der Waals surface area contributed by atoms with Crippen molar-refractivity contribution in [3.05, 3.63) is 59.1 Å². The third-order valence-electron chi connectivity index (χ3n) is 5.63. The van der Waals surface area contributed by atoms with Gasteiger partial charge in [0.05, 0.1) is 0 Å². The quantitative estimate of drug-likeness (QED) is 0.781. The van der Waals surface area contributed by atoms with E-state index < -0.39 is 0 Å². The van der Waals surface area contributed by atoms with Crippen LogP contribution >= 0.6 is 0 Å². The fourth-order valence-corrected chi connectivity index (χ4v) is 4.27. The minimum Gasteiger partial charge on any atom is -0.350 e. The van der Waals surface area contributed by atoms with E-state index in [9.17, 15) is 4.79 Å². The molecule has 2 aromatic rings. The molecule has 0 fully saturated rings. The zero-order valence-electron chi connectivity index (χ0n) is 16.7. The minimum absolute atomic E-state index is 0.122. The molecule has 5 nitrogen and oxygen atoms in total. The molecule has 0 bridgehead atoms. The number of hydrogen-bond donors (Lipinski definition) is 1. The Morgan fingerprint density at radius 1 is 1.25 bits per heavy atom. The highest BCUT2D eigenvalue weighted by molar-refractivity contribution is 5.93. The van der Waals surface area contributed by atoms with Crippen LogP contribution in [0, 0.1) is 6.92 Å². The topological polar surface area (TPSA) is 58.1 Å². The van der Waals surface area contributed by atoms with Crippen LogP contribution in [0.1, 0.15) is 60.9 Å². The third-order valence-corrected chi connectivity index (χ3v) is 5.63. The van der Waals surface area contributed by atoms with Crippen molar-refractivity contribution in [2.45, 2.75) is 58.4 Å². The van der Waals surface area contributed by atoms with Crippen molar-refractivity contribution in [1.29, 1.82) is 0 Å². The molecule has 5 heteroatoms. The molecule has 1 aromatic heterocycles. The van der Waals surface area contributed by atoms with E-state index in [0.717, 1.165) is 18.7 Å². The highest BCUT2D eigenvalue weighted by atomic mass is 16.1. The first-order valence-electron chi connectivity index (χ1n) is 10.3. The average Bonchev–Trinajstić information content (AvgIpc) is 3.04. The third kappa shape index (κ3) is 3.93. The number of para-hydroxylation sites is 1. The number of aromatic nitrogens is 2. The molecule has 1 N–H and O–H groups in total. The second-order valence-corrected chi connectivity index (χ2v) is 7.82. The maximum Gasteiger partial charge on any atom is 0.270 e. The van der Waals surface area contributed by atoms with Crippen molar-refractivity contribution in [1.82, 2.24) is 15.3 Å². The first kappa shape index (κ1) is 18.7. The molecule has 0 saturated heterocycles. The summed E-state index contributed by atoms with van der Waals surface area (Å²) in [6.07, 6.45) is 9.14. The Kier molecular flexibility index (Phi) is 5.42. The zero-order chi connectivity index (χ0) is 19.5. The van der Waals surface area contributed by atoms with Gasteiger partial charge in [0, 0.05) is 24.3 Å². The monoisotopic (exact) mass is 376 g/mol. The molecule has 4 rings (SSSR count). The van der Waals surface area contributed by atoms with E-state index in [-0.39, 0.29) is 5.91 Å². The number of aryl methyl sites for hydroxylation is 1. The predicted molar refractivity (Wildman–Crippen MR) is 112 cm³/mol. The van der Waals surface area contributed by atoms with E-state index >= 15 is 0 Å². The Morgan fingerprint density at radius 3 is 2.93 bits per heavy atom. The van der Waals surface area contributed by atoms with Crippen LogP contribution in [0.2, 0.25) is 0 Å². The van der Waals surface area contributed by atoms with E-state index in [0.29, 0.717) is 24.1 Å². The van der Waals surface area contributed by atoms with Crippen molar-refractivity contribution in [3.8, 4) is 0 Å². The molecule has 1 atom stereocenters.